The number of aryl methyl sites for hydroxylation is 1. The Hall–Kier alpha value is -6.16. The molecule has 0 bridgehead atoms. The van der Waals surface area contributed by atoms with Crippen LogP contribution in [0.4, 0.5) is 11.4 Å². The average Bonchev–Trinajstić information content (AvgIpc) is 3.89. The second-order valence-corrected chi connectivity index (χ2v) is 14.2. The topological polar surface area (TPSA) is 182 Å². The highest BCUT2D eigenvalue weighted by molar-refractivity contribution is 7.89. The van der Waals surface area contributed by atoms with Crippen LogP contribution >= 0.6 is 11.6 Å². The number of halogens is 1. The molecule has 2 amide bonds. The molecule has 1 heterocycles. The van der Waals surface area contributed by atoms with Crippen molar-refractivity contribution in [2.75, 3.05) is 0 Å². The summed E-state index contributed by atoms with van der Waals surface area (Å²) in [5.41, 5.74) is 0.509. The summed E-state index contributed by atoms with van der Waals surface area (Å²) in [5.74, 6) is -1.59. The van der Waals surface area contributed by atoms with E-state index in [2.05, 4.69) is 4.72 Å². The van der Waals surface area contributed by atoms with Gasteiger partial charge in [-0.05, 0) is 43.2 Å². The molecule has 5 aromatic rings. The smallest absolute Gasteiger partial charge is 0.277 e. The second-order valence-electron chi connectivity index (χ2n) is 12.1. The number of nitro benzene ring substituents is 2. The number of rotatable bonds is 13. The normalized spacial score (nSPS) is 14.3. The molecule has 2 unspecified atom stereocenters. The van der Waals surface area contributed by atoms with Gasteiger partial charge in [-0.15, -0.1) is 0 Å². The summed E-state index contributed by atoms with van der Waals surface area (Å²) in [6, 6.07) is 29.2. The van der Waals surface area contributed by atoms with Gasteiger partial charge in [0.15, 0.2) is 6.17 Å². The second kappa shape index (κ2) is 15.2. The fraction of sp³-hybridized carbons (Fsp3) is 0.135. The van der Waals surface area contributed by atoms with Gasteiger partial charge in [0.25, 0.3) is 23.2 Å². The van der Waals surface area contributed by atoms with Gasteiger partial charge in [0.1, 0.15) is 18.4 Å². The number of non-ortho nitro benzene ring substituents is 2. The number of amides is 2. The SMILES string of the molecule is Cc1ccc(S(=O)(=O)NC(Cc2ccccc2)C(=O)N2C(c3ccccc3OCc3ccccc3Cl)N2C(=O)c2cc([N+](=O)[O-])cc([N+](=O)[O-])c2)cc1. The lowest BCUT2D eigenvalue weighted by molar-refractivity contribution is -0.394. The Balaban J connectivity index is 1.42. The average molecular weight is 756 g/mol. The first-order valence-corrected chi connectivity index (χ1v) is 17.9. The van der Waals surface area contributed by atoms with Crippen molar-refractivity contribution in [3.8, 4) is 5.75 Å². The molecule has 0 aromatic heterocycles. The Morgan fingerprint density at radius 1 is 0.830 bits per heavy atom. The van der Waals surface area contributed by atoms with Gasteiger partial charge in [0, 0.05) is 28.3 Å². The minimum Gasteiger partial charge on any atom is -0.488 e. The number of hydrogen-bond donors (Lipinski definition) is 1. The lowest BCUT2D eigenvalue weighted by Gasteiger charge is -2.19. The Labute approximate surface area is 308 Å². The van der Waals surface area contributed by atoms with Crippen molar-refractivity contribution in [3.05, 3.63) is 174 Å². The number of hydrazine groups is 1. The van der Waals surface area contributed by atoms with Crippen molar-refractivity contribution in [2.24, 2.45) is 0 Å². The summed E-state index contributed by atoms with van der Waals surface area (Å²) < 4.78 is 36.0. The zero-order valence-corrected chi connectivity index (χ0v) is 29.4. The fourth-order valence-electron chi connectivity index (χ4n) is 5.69. The maximum atomic E-state index is 14.6. The van der Waals surface area contributed by atoms with Crippen molar-refractivity contribution in [3.63, 3.8) is 0 Å². The molecule has 0 aliphatic carbocycles. The molecule has 1 N–H and O–H groups in total. The van der Waals surface area contributed by atoms with E-state index in [0.29, 0.717) is 27.8 Å². The van der Waals surface area contributed by atoms with E-state index in [1.165, 1.54) is 12.1 Å². The maximum Gasteiger partial charge on any atom is 0.277 e. The number of sulfonamides is 1. The largest absolute Gasteiger partial charge is 0.488 e. The Kier molecular flexibility index (Phi) is 10.5. The first kappa shape index (κ1) is 36.6. The van der Waals surface area contributed by atoms with Gasteiger partial charge >= 0.3 is 0 Å². The summed E-state index contributed by atoms with van der Waals surface area (Å²) >= 11 is 6.34. The molecule has 0 spiro atoms. The summed E-state index contributed by atoms with van der Waals surface area (Å²) in [7, 11) is -4.29. The molecule has 1 fully saturated rings. The number of carbonyl (C=O) groups excluding carboxylic acids is 2. The molecule has 16 heteroatoms. The highest BCUT2D eigenvalue weighted by Gasteiger charge is 2.56. The number of carbonyl (C=O) groups is 2. The van der Waals surface area contributed by atoms with Gasteiger partial charge in [-0.25, -0.2) is 18.4 Å². The van der Waals surface area contributed by atoms with Crippen molar-refractivity contribution < 1.29 is 32.6 Å². The van der Waals surface area contributed by atoms with Crippen LogP contribution in [-0.4, -0.2) is 46.1 Å². The Bertz CT molecular complexity index is 2290. The minimum absolute atomic E-state index is 0.00928. The van der Waals surface area contributed by atoms with E-state index in [9.17, 15) is 38.2 Å². The first-order chi connectivity index (χ1) is 25.3. The number of nitrogens with one attached hydrogen (secondary N) is 1. The van der Waals surface area contributed by atoms with Crippen LogP contribution in [0.5, 0.6) is 5.75 Å². The summed E-state index contributed by atoms with van der Waals surface area (Å²) in [5, 5.41) is 25.8. The van der Waals surface area contributed by atoms with Crippen LogP contribution in [0.1, 0.15) is 38.8 Å². The van der Waals surface area contributed by atoms with Gasteiger partial charge in [-0.3, -0.25) is 29.8 Å². The van der Waals surface area contributed by atoms with E-state index in [0.717, 1.165) is 27.7 Å². The molecule has 2 atom stereocenters. The lowest BCUT2D eigenvalue weighted by Crippen LogP contribution is -2.46. The third-order valence-corrected chi connectivity index (χ3v) is 10.2. The molecule has 5 aromatic carbocycles. The van der Waals surface area contributed by atoms with E-state index in [1.54, 1.807) is 97.9 Å². The van der Waals surface area contributed by atoms with E-state index in [1.807, 2.05) is 0 Å². The van der Waals surface area contributed by atoms with Crippen LogP contribution in [0.2, 0.25) is 5.02 Å². The van der Waals surface area contributed by atoms with Gasteiger partial charge in [0.2, 0.25) is 10.0 Å². The molecule has 1 saturated heterocycles. The Morgan fingerprint density at radius 3 is 2.08 bits per heavy atom. The van der Waals surface area contributed by atoms with Crippen LogP contribution in [0.25, 0.3) is 0 Å². The van der Waals surface area contributed by atoms with Crippen LogP contribution in [0, 0.1) is 27.2 Å². The van der Waals surface area contributed by atoms with E-state index >= 15 is 0 Å². The third kappa shape index (κ3) is 8.17. The molecule has 1 aliphatic heterocycles. The number of benzene rings is 5. The number of nitrogens with zero attached hydrogens (tertiary/aromatic N) is 4. The standard InChI is InChI=1S/C37H30ClN5O9S/c1-24-15-17-30(18-16-24)53(50,51)39-33(19-25-9-3-2-4-10-25)37(45)41-35(31-12-6-8-14-34(31)52-23-26-11-5-7-13-32(26)38)40(41)36(44)27-20-28(42(46)47)22-29(21-27)43(48)49/h2-18,20-22,33,35,39H,19,23H2,1H3. The van der Waals surface area contributed by atoms with Gasteiger partial charge in [-0.2, -0.15) is 4.72 Å². The lowest BCUT2D eigenvalue weighted by atomic mass is 10.1. The van der Waals surface area contributed by atoms with E-state index < -0.39 is 60.8 Å². The fourth-order valence-corrected chi connectivity index (χ4v) is 7.07. The molecule has 270 valence electrons. The number of hydrogen-bond acceptors (Lipinski definition) is 9. The van der Waals surface area contributed by atoms with Gasteiger partial charge in [-0.1, -0.05) is 96.0 Å². The van der Waals surface area contributed by atoms with Gasteiger partial charge < -0.3 is 4.74 Å². The third-order valence-electron chi connectivity index (χ3n) is 8.39. The van der Waals surface area contributed by atoms with Crippen LogP contribution < -0.4 is 9.46 Å². The molecule has 0 radical (unpaired) electrons. The predicted octanol–water partition coefficient (Wildman–Crippen LogP) is 6.53. The van der Waals surface area contributed by atoms with Crippen molar-refractivity contribution in [2.45, 2.75) is 37.1 Å². The molecule has 14 nitrogen and oxygen atoms in total. The monoisotopic (exact) mass is 755 g/mol. The summed E-state index contributed by atoms with van der Waals surface area (Å²) in [4.78, 5) is 50.3. The molecule has 1 aliphatic rings. The molecule has 53 heavy (non-hydrogen) atoms. The zero-order valence-electron chi connectivity index (χ0n) is 27.9. The van der Waals surface area contributed by atoms with E-state index in [4.69, 9.17) is 16.3 Å². The van der Waals surface area contributed by atoms with Crippen molar-refractivity contribution in [1.82, 2.24) is 14.7 Å². The van der Waals surface area contributed by atoms with Crippen LogP contribution in [0.3, 0.4) is 0 Å². The highest BCUT2D eigenvalue weighted by Crippen LogP contribution is 2.47. The Morgan fingerprint density at radius 2 is 1.43 bits per heavy atom. The summed E-state index contributed by atoms with van der Waals surface area (Å²) in [6.45, 7) is 1.80. The predicted molar refractivity (Wildman–Crippen MR) is 193 cm³/mol. The highest BCUT2D eigenvalue weighted by atomic mass is 35.5. The first-order valence-electron chi connectivity index (χ1n) is 16.0. The van der Waals surface area contributed by atoms with Crippen LogP contribution in [-0.2, 0) is 27.8 Å². The number of nitro groups is 2. The van der Waals surface area contributed by atoms with E-state index in [-0.39, 0.29) is 23.7 Å². The van der Waals surface area contributed by atoms with Crippen molar-refractivity contribution in [1.29, 1.82) is 0 Å². The maximum absolute atomic E-state index is 14.6. The quantitative estimate of drug-likeness (QED) is 0.0793. The molecule has 6 rings (SSSR count). The number of para-hydroxylation sites is 1. The van der Waals surface area contributed by atoms with Gasteiger partial charge in [0.05, 0.1) is 26.4 Å². The summed E-state index contributed by atoms with van der Waals surface area (Å²) in [6.07, 6.45) is -1.33. The number of ether oxygens (including phenoxy) is 1. The molecular weight excluding hydrogens is 726 g/mol. The molecular formula is C37H30ClN5O9S. The molecule has 0 saturated carbocycles. The van der Waals surface area contributed by atoms with Crippen molar-refractivity contribution >= 4 is 44.8 Å². The zero-order chi connectivity index (χ0) is 37.9. The van der Waals surface area contributed by atoms with Crippen LogP contribution in [0.15, 0.2) is 126 Å². The minimum atomic E-state index is -4.29.